The molecule has 1 aromatic heterocycles. The average molecular weight is 382 g/mol. The topological polar surface area (TPSA) is 78.5 Å². The van der Waals surface area contributed by atoms with Crippen molar-refractivity contribution in [2.45, 2.75) is 30.0 Å². The van der Waals surface area contributed by atoms with Crippen LogP contribution in [0.2, 0.25) is 0 Å². The molecule has 2 rings (SSSR count). The first kappa shape index (κ1) is 20.4. The van der Waals surface area contributed by atoms with Gasteiger partial charge in [-0.15, -0.1) is 23.7 Å². The summed E-state index contributed by atoms with van der Waals surface area (Å²) in [4.78, 5) is 14.2. The fraction of sp³-hybridized carbons (Fsp3) is 0.643. The van der Waals surface area contributed by atoms with E-state index < -0.39 is 16.1 Å². The monoisotopic (exact) mass is 381 g/mol. The predicted octanol–water partition coefficient (Wildman–Crippen LogP) is 1.29. The van der Waals surface area contributed by atoms with Gasteiger partial charge in [-0.25, -0.2) is 8.42 Å². The first-order valence-corrected chi connectivity index (χ1v) is 9.79. The lowest BCUT2D eigenvalue weighted by Gasteiger charge is -2.33. The van der Waals surface area contributed by atoms with E-state index in [0.29, 0.717) is 19.0 Å². The highest BCUT2D eigenvalue weighted by Gasteiger charge is 2.28. The maximum Gasteiger partial charge on any atom is 0.250 e. The van der Waals surface area contributed by atoms with E-state index in [1.807, 2.05) is 7.05 Å². The molecule has 6 nitrogen and oxygen atoms in total. The molecule has 1 aliphatic rings. The van der Waals surface area contributed by atoms with Crippen LogP contribution in [0.3, 0.4) is 0 Å². The van der Waals surface area contributed by atoms with Gasteiger partial charge in [0.25, 0.3) is 10.0 Å². The molecule has 132 valence electrons. The van der Waals surface area contributed by atoms with Crippen LogP contribution in [0.15, 0.2) is 21.7 Å². The molecule has 0 saturated carbocycles. The summed E-state index contributed by atoms with van der Waals surface area (Å²) >= 11 is 1.14. The number of sulfonamides is 1. The van der Waals surface area contributed by atoms with Crippen LogP contribution in [0.4, 0.5) is 0 Å². The standard InChI is InChI=1S/C14H23N3O3S2.ClH/c1-11(16-22(19,20)13-4-3-9-21-13)14(18)17-7-5-12(6-8-17)10-15-2;/h3-4,9,11-12,15-16H,5-8,10H2,1-2H3;1H. The van der Waals surface area contributed by atoms with Crippen LogP contribution in [-0.4, -0.2) is 51.9 Å². The van der Waals surface area contributed by atoms with Gasteiger partial charge in [-0.2, -0.15) is 4.72 Å². The Bertz CT molecular complexity index is 584. The van der Waals surface area contributed by atoms with Crippen LogP contribution in [-0.2, 0) is 14.8 Å². The van der Waals surface area contributed by atoms with Gasteiger partial charge >= 0.3 is 0 Å². The second-order valence-electron chi connectivity index (χ2n) is 5.60. The summed E-state index contributed by atoms with van der Waals surface area (Å²) in [6.07, 6.45) is 1.91. The fourth-order valence-electron chi connectivity index (χ4n) is 2.68. The van der Waals surface area contributed by atoms with Crippen LogP contribution in [0.5, 0.6) is 0 Å². The average Bonchev–Trinajstić information content (AvgIpc) is 3.02. The number of amides is 1. The lowest BCUT2D eigenvalue weighted by atomic mass is 9.96. The summed E-state index contributed by atoms with van der Waals surface area (Å²) in [6.45, 7) is 3.95. The number of rotatable bonds is 6. The number of carbonyl (C=O) groups excluding carboxylic acids is 1. The molecule has 9 heteroatoms. The SMILES string of the molecule is CNCC1CCN(C(=O)C(C)NS(=O)(=O)c2cccs2)CC1.Cl. The summed E-state index contributed by atoms with van der Waals surface area (Å²) in [5, 5.41) is 4.86. The number of thiophene rings is 1. The summed E-state index contributed by atoms with van der Waals surface area (Å²) < 4.78 is 27.0. The minimum absolute atomic E-state index is 0. The van der Waals surface area contributed by atoms with Crippen molar-refractivity contribution in [2.24, 2.45) is 5.92 Å². The van der Waals surface area contributed by atoms with E-state index in [1.165, 1.54) is 6.07 Å². The fourth-order valence-corrected chi connectivity index (χ4v) is 4.88. The highest BCUT2D eigenvalue weighted by atomic mass is 35.5. The zero-order chi connectivity index (χ0) is 16.2. The molecule has 1 fully saturated rings. The van der Waals surface area contributed by atoms with Gasteiger partial charge in [-0.05, 0) is 50.7 Å². The Balaban J connectivity index is 0.00000264. The minimum atomic E-state index is -3.61. The third-order valence-corrected chi connectivity index (χ3v) is 6.82. The van der Waals surface area contributed by atoms with E-state index in [2.05, 4.69) is 10.0 Å². The minimum Gasteiger partial charge on any atom is -0.341 e. The van der Waals surface area contributed by atoms with Gasteiger partial charge in [0.2, 0.25) is 5.91 Å². The molecule has 0 bridgehead atoms. The molecule has 0 aliphatic carbocycles. The smallest absolute Gasteiger partial charge is 0.250 e. The van der Waals surface area contributed by atoms with E-state index in [9.17, 15) is 13.2 Å². The molecule has 1 amide bonds. The van der Waals surface area contributed by atoms with E-state index in [0.717, 1.165) is 30.7 Å². The van der Waals surface area contributed by atoms with E-state index in [4.69, 9.17) is 0 Å². The van der Waals surface area contributed by atoms with E-state index >= 15 is 0 Å². The third kappa shape index (κ3) is 5.42. The van der Waals surface area contributed by atoms with Gasteiger partial charge in [0.05, 0.1) is 6.04 Å². The molecule has 0 aromatic carbocycles. The first-order chi connectivity index (χ1) is 10.4. The molecule has 2 heterocycles. The van der Waals surface area contributed by atoms with Crippen molar-refractivity contribution in [2.75, 3.05) is 26.7 Å². The van der Waals surface area contributed by atoms with Crippen LogP contribution < -0.4 is 10.0 Å². The first-order valence-electron chi connectivity index (χ1n) is 7.43. The Morgan fingerprint density at radius 1 is 1.43 bits per heavy atom. The maximum atomic E-state index is 12.4. The molecule has 1 aliphatic heterocycles. The van der Waals surface area contributed by atoms with Crippen molar-refractivity contribution < 1.29 is 13.2 Å². The van der Waals surface area contributed by atoms with Gasteiger partial charge < -0.3 is 10.2 Å². The normalized spacial score (nSPS) is 17.6. The molecule has 1 saturated heterocycles. The van der Waals surface area contributed by atoms with Gasteiger partial charge in [0.15, 0.2) is 0 Å². The maximum absolute atomic E-state index is 12.4. The number of likely N-dealkylation sites (tertiary alicyclic amines) is 1. The van der Waals surface area contributed by atoms with Crippen LogP contribution >= 0.6 is 23.7 Å². The second-order valence-corrected chi connectivity index (χ2v) is 8.49. The van der Waals surface area contributed by atoms with Gasteiger partial charge in [0, 0.05) is 13.1 Å². The molecular weight excluding hydrogens is 358 g/mol. The quantitative estimate of drug-likeness (QED) is 0.778. The number of nitrogens with zero attached hydrogens (tertiary/aromatic N) is 1. The summed E-state index contributed by atoms with van der Waals surface area (Å²) in [6, 6.07) is 2.47. The molecule has 0 spiro atoms. The predicted molar refractivity (Wildman–Crippen MR) is 94.6 cm³/mol. The summed E-state index contributed by atoms with van der Waals surface area (Å²) in [7, 11) is -1.68. The largest absolute Gasteiger partial charge is 0.341 e. The van der Waals surface area contributed by atoms with Crippen molar-refractivity contribution in [1.82, 2.24) is 14.9 Å². The van der Waals surface area contributed by atoms with Crippen LogP contribution in [0.25, 0.3) is 0 Å². The number of piperidine rings is 1. The van der Waals surface area contributed by atoms with E-state index in [-0.39, 0.29) is 22.5 Å². The Morgan fingerprint density at radius 2 is 2.09 bits per heavy atom. The number of hydrogen-bond acceptors (Lipinski definition) is 5. The number of carbonyl (C=O) groups is 1. The van der Waals surface area contributed by atoms with Gasteiger partial charge in [0.1, 0.15) is 4.21 Å². The molecule has 23 heavy (non-hydrogen) atoms. The second kappa shape index (κ2) is 8.98. The van der Waals surface area contributed by atoms with Crippen molar-refractivity contribution in [1.29, 1.82) is 0 Å². The van der Waals surface area contributed by atoms with Crippen molar-refractivity contribution in [3.8, 4) is 0 Å². The van der Waals surface area contributed by atoms with Crippen molar-refractivity contribution in [3.05, 3.63) is 17.5 Å². The van der Waals surface area contributed by atoms with E-state index in [1.54, 1.807) is 23.3 Å². The summed E-state index contributed by atoms with van der Waals surface area (Å²) in [5.41, 5.74) is 0. The Hall–Kier alpha value is -0.670. The third-order valence-electron chi connectivity index (χ3n) is 3.88. The van der Waals surface area contributed by atoms with Gasteiger partial charge in [-0.3, -0.25) is 4.79 Å². The zero-order valence-corrected chi connectivity index (χ0v) is 15.8. The number of nitrogens with one attached hydrogen (secondary N) is 2. The lowest BCUT2D eigenvalue weighted by molar-refractivity contribution is -0.133. The molecule has 1 unspecified atom stereocenters. The molecule has 0 radical (unpaired) electrons. The lowest BCUT2D eigenvalue weighted by Crippen LogP contribution is -2.49. The Labute approximate surface area is 148 Å². The number of halogens is 1. The molecule has 1 atom stereocenters. The van der Waals surface area contributed by atoms with Crippen LogP contribution in [0, 0.1) is 5.92 Å². The molecule has 1 aromatic rings. The Morgan fingerprint density at radius 3 is 2.61 bits per heavy atom. The zero-order valence-electron chi connectivity index (χ0n) is 13.3. The molecular formula is C14H24ClN3O3S2. The van der Waals surface area contributed by atoms with Crippen molar-refractivity contribution in [3.63, 3.8) is 0 Å². The highest BCUT2D eigenvalue weighted by Crippen LogP contribution is 2.19. The Kier molecular flexibility index (Phi) is 7.96. The van der Waals surface area contributed by atoms with Crippen molar-refractivity contribution >= 4 is 39.7 Å². The highest BCUT2D eigenvalue weighted by molar-refractivity contribution is 7.91. The summed E-state index contributed by atoms with van der Waals surface area (Å²) in [5.74, 6) is 0.440. The van der Waals surface area contributed by atoms with Crippen LogP contribution in [0.1, 0.15) is 19.8 Å². The number of hydrogen-bond donors (Lipinski definition) is 2. The van der Waals surface area contributed by atoms with Gasteiger partial charge in [-0.1, -0.05) is 6.07 Å². The molecule has 2 N–H and O–H groups in total.